The van der Waals surface area contributed by atoms with E-state index in [0.29, 0.717) is 11.2 Å². The van der Waals surface area contributed by atoms with Gasteiger partial charge in [0.1, 0.15) is 0 Å². The van der Waals surface area contributed by atoms with Crippen molar-refractivity contribution in [2.24, 2.45) is 16.7 Å². The van der Waals surface area contributed by atoms with Crippen LogP contribution in [0.5, 0.6) is 0 Å². The summed E-state index contributed by atoms with van der Waals surface area (Å²) in [4.78, 5) is 11.8. The molecule has 1 saturated carbocycles. The topological polar surface area (TPSA) is 17.1 Å². The van der Waals surface area contributed by atoms with E-state index in [9.17, 15) is 4.79 Å². The van der Waals surface area contributed by atoms with Gasteiger partial charge in [-0.05, 0) is 62.4 Å². The molecule has 1 nitrogen and oxygen atoms in total. The van der Waals surface area contributed by atoms with E-state index < -0.39 is 0 Å². The van der Waals surface area contributed by atoms with Crippen molar-refractivity contribution in [1.82, 2.24) is 0 Å². The fourth-order valence-corrected chi connectivity index (χ4v) is 5.79. The van der Waals surface area contributed by atoms with E-state index in [1.165, 1.54) is 44.1 Å². The van der Waals surface area contributed by atoms with Crippen molar-refractivity contribution >= 4 is 5.78 Å². The van der Waals surface area contributed by atoms with Crippen molar-refractivity contribution in [1.29, 1.82) is 0 Å². The maximum absolute atomic E-state index is 11.8. The molecule has 108 valence electrons. The third-order valence-electron chi connectivity index (χ3n) is 7.08. The number of hydrogen-bond acceptors (Lipinski definition) is 1. The summed E-state index contributed by atoms with van der Waals surface area (Å²) in [6.45, 7) is 4.96. The minimum absolute atomic E-state index is 0.241. The van der Waals surface area contributed by atoms with Crippen LogP contribution in [-0.4, -0.2) is 5.78 Å². The maximum Gasteiger partial charge on any atom is 0.155 e. The first-order valence-electron chi connectivity index (χ1n) is 8.49. The van der Waals surface area contributed by atoms with Gasteiger partial charge in [0.05, 0.1) is 0 Å². The molecule has 0 aromatic rings. The van der Waals surface area contributed by atoms with Crippen molar-refractivity contribution in [2.45, 2.75) is 71.6 Å². The molecule has 0 unspecified atom stereocenters. The first-order valence-corrected chi connectivity index (χ1v) is 8.49. The van der Waals surface area contributed by atoms with Crippen LogP contribution in [0.3, 0.4) is 0 Å². The van der Waals surface area contributed by atoms with Crippen LogP contribution in [-0.2, 0) is 4.79 Å². The molecule has 0 amide bonds. The Hall–Kier alpha value is -0.850. The van der Waals surface area contributed by atoms with Crippen molar-refractivity contribution in [3.05, 3.63) is 22.8 Å². The van der Waals surface area contributed by atoms with E-state index in [-0.39, 0.29) is 5.41 Å². The summed E-state index contributed by atoms with van der Waals surface area (Å²) in [7, 11) is 0. The van der Waals surface area contributed by atoms with Crippen LogP contribution >= 0.6 is 0 Å². The minimum atomic E-state index is 0.241. The lowest BCUT2D eigenvalue weighted by Crippen LogP contribution is -2.38. The molecule has 4 aliphatic rings. The van der Waals surface area contributed by atoms with Gasteiger partial charge < -0.3 is 0 Å². The first kappa shape index (κ1) is 12.9. The molecule has 0 aliphatic heterocycles. The monoisotopic (exact) mass is 270 g/mol. The zero-order valence-electron chi connectivity index (χ0n) is 12.9. The summed E-state index contributed by atoms with van der Waals surface area (Å²) in [5.41, 5.74) is 5.87. The Morgan fingerprint density at radius 2 is 1.90 bits per heavy atom. The van der Waals surface area contributed by atoms with Crippen LogP contribution in [0.1, 0.15) is 71.6 Å². The van der Waals surface area contributed by atoms with E-state index in [1.807, 2.05) is 11.6 Å². The van der Waals surface area contributed by atoms with Gasteiger partial charge in [0.2, 0.25) is 0 Å². The average molecular weight is 270 g/mol. The standard InChI is InChI=1S/C19H26O/c1-18-9-3-4-16(18)15-6-5-13-12-14(20)7-11-19(13,2)17(15)8-10-18/h12,16H,3-11H2,1-2H3/t16-,18-,19-/m0/s1. The molecule has 0 aromatic heterocycles. The highest BCUT2D eigenvalue weighted by molar-refractivity contribution is 5.92. The lowest BCUT2D eigenvalue weighted by Gasteiger charge is -2.50. The molecular formula is C19H26O. The van der Waals surface area contributed by atoms with Crippen LogP contribution in [0.25, 0.3) is 0 Å². The zero-order valence-corrected chi connectivity index (χ0v) is 12.9. The highest BCUT2D eigenvalue weighted by Gasteiger charge is 2.49. The van der Waals surface area contributed by atoms with Crippen molar-refractivity contribution in [3.8, 4) is 0 Å². The van der Waals surface area contributed by atoms with E-state index in [2.05, 4.69) is 13.8 Å². The van der Waals surface area contributed by atoms with Gasteiger partial charge in [-0.15, -0.1) is 0 Å². The Kier molecular flexibility index (Phi) is 2.63. The van der Waals surface area contributed by atoms with Gasteiger partial charge >= 0.3 is 0 Å². The summed E-state index contributed by atoms with van der Waals surface area (Å²) in [6, 6.07) is 0. The molecule has 0 saturated heterocycles. The molecule has 4 rings (SSSR count). The van der Waals surface area contributed by atoms with Gasteiger partial charge in [0.25, 0.3) is 0 Å². The van der Waals surface area contributed by atoms with Crippen LogP contribution in [0.15, 0.2) is 22.8 Å². The molecule has 1 heteroatoms. The van der Waals surface area contributed by atoms with Gasteiger partial charge in [-0.2, -0.15) is 0 Å². The summed E-state index contributed by atoms with van der Waals surface area (Å²) in [5, 5.41) is 0. The SMILES string of the molecule is C[C@]12CCC(=O)C=C1CCC1=C2CC[C@]2(C)CCC[C@@H]12. The fraction of sp³-hybridized carbons (Fsp3) is 0.737. The van der Waals surface area contributed by atoms with Gasteiger partial charge in [-0.3, -0.25) is 4.79 Å². The number of fused-ring (bicyclic) bond motifs is 4. The third-order valence-corrected chi connectivity index (χ3v) is 7.08. The van der Waals surface area contributed by atoms with E-state index >= 15 is 0 Å². The molecular weight excluding hydrogens is 244 g/mol. The second-order valence-corrected chi connectivity index (χ2v) is 8.07. The van der Waals surface area contributed by atoms with Crippen molar-refractivity contribution in [2.75, 3.05) is 0 Å². The number of ketones is 1. The van der Waals surface area contributed by atoms with E-state index in [0.717, 1.165) is 25.2 Å². The van der Waals surface area contributed by atoms with Crippen molar-refractivity contribution in [3.63, 3.8) is 0 Å². The molecule has 1 fully saturated rings. The zero-order chi connectivity index (χ0) is 14.0. The first-order chi connectivity index (χ1) is 9.53. The Labute approximate surface area is 122 Å². The number of carbonyl (C=O) groups excluding carboxylic acids is 1. The van der Waals surface area contributed by atoms with Gasteiger partial charge in [-0.1, -0.05) is 37.0 Å². The average Bonchev–Trinajstić information content (AvgIpc) is 2.81. The molecule has 0 aromatic carbocycles. The van der Waals surface area contributed by atoms with Gasteiger partial charge in [0.15, 0.2) is 5.78 Å². The predicted molar refractivity (Wildman–Crippen MR) is 81.4 cm³/mol. The van der Waals surface area contributed by atoms with Gasteiger partial charge in [-0.25, -0.2) is 0 Å². The Bertz CT molecular complexity index is 538. The quantitative estimate of drug-likeness (QED) is 0.568. The normalized spacial score (nSPS) is 43.8. The summed E-state index contributed by atoms with van der Waals surface area (Å²) < 4.78 is 0. The molecule has 0 bridgehead atoms. The number of carbonyl (C=O) groups is 1. The number of rotatable bonds is 0. The van der Waals surface area contributed by atoms with Crippen LogP contribution < -0.4 is 0 Å². The Morgan fingerprint density at radius 3 is 2.75 bits per heavy atom. The molecule has 0 N–H and O–H groups in total. The second kappa shape index (κ2) is 4.08. The highest BCUT2D eigenvalue weighted by atomic mass is 16.1. The number of hydrogen-bond donors (Lipinski definition) is 0. The molecule has 20 heavy (non-hydrogen) atoms. The van der Waals surface area contributed by atoms with Crippen LogP contribution in [0, 0.1) is 16.7 Å². The molecule has 0 spiro atoms. The van der Waals surface area contributed by atoms with E-state index in [4.69, 9.17) is 0 Å². The second-order valence-electron chi connectivity index (χ2n) is 8.07. The Balaban J connectivity index is 1.81. The fourth-order valence-electron chi connectivity index (χ4n) is 5.79. The smallest absolute Gasteiger partial charge is 0.155 e. The third kappa shape index (κ3) is 1.58. The van der Waals surface area contributed by atoms with Crippen LogP contribution in [0.2, 0.25) is 0 Å². The summed E-state index contributed by atoms with van der Waals surface area (Å²) >= 11 is 0. The largest absolute Gasteiger partial charge is 0.295 e. The lowest BCUT2D eigenvalue weighted by molar-refractivity contribution is -0.115. The maximum atomic E-state index is 11.8. The van der Waals surface area contributed by atoms with Gasteiger partial charge in [0, 0.05) is 11.8 Å². The Morgan fingerprint density at radius 1 is 1.05 bits per heavy atom. The predicted octanol–water partition coefficient (Wildman–Crippen LogP) is 4.97. The number of allylic oxidation sites excluding steroid dienone is 4. The summed E-state index contributed by atoms with van der Waals surface area (Å²) in [5.74, 6) is 1.23. The lowest BCUT2D eigenvalue weighted by atomic mass is 9.55. The molecule has 3 atom stereocenters. The van der Waals surface area contributed by atoms with Crippen LogP contribution in [0.4, 0.5) is 0 Å². The van der Waals surface area contributed by atoms with E-state index in [1.54, 1.807) is 5.57 Å². The highest BCUT2D eigenvalue weighted by Crippen LogP contribution is 2.62. The van der Waals surface area contributed by atoms with Crippen molar-refractivity contribution < 1.29 is 4.79 Å². The molecule has 0 heterocycles. The minimum Gasteiger partial charge on any atom is -0.295 e. The summed E-state index contributed by atoms with van der Waals surface area (Å²) in [6.07, 6.45) is 13.2. The molecule has 0 radical (unpaired) electrons. The molecule has 4 aliphatic carbocycles.